The molecule has 2 aliphatic heterocycles. The van der Waals surface area contributed by atoms with Crippen molar-refractivity contribution in [2.45, 2.75) is 24.2 Å². The highest BCUT2D eigenvalue weighted by Crippen LogP contribution is 2.34. The quantitative estimate of drug-likeness (QED) is 0.888. The van der Waals surface area contributed by atoms with Gasteiger partial charge in [0.25, 0.3) is 0 Å². The van der Waals surface area contributed by atoms with E-state index in [0.29, 0.717) is 44.6 Å². The Morgan fingerprint density at radius 2 is 1.92 bits per heavy atom. The molecule has 1 aromatic rings. The minimum absolute atomic E-state index is 0.0291. The number of benzene rings is 1. The van der Waals surface area contributed by atoms with E-state index in [1.54, 1.807) is 9.80 Å². The second-order valence-electron chi connectivity index (χ2n) is 6.11. The van der Waals surface area contributed by atoms with Crippen molar-refractivity contribution in [2.24, 2.45) is 11.7 Å². The molecule has 0 aliphatic carbocycles. The number of primary amides is 1. The number of likely N-dealkylation sites (tertiary alicyclic amines) is 1. The highest BCUT2D eigenvalue weighted by atomic mass is 32.2. The zero-order valence-corrected chi connectivity index (χ0v) is 14.3. The standard InChI is InChI=1S/C17H21N3O3S/c18-17(23)12-5-8-19(9-6-12)15(21)7-10-20-13-3-1-2-4-14(13)24-11-16(20)22/h1-4,12H,5-11H2,(H2,18,23). The molecule has 2 aliphatic rings. The molecule has 24 heavy (non-hydrogen) atoms. The molecule has 0 unspecified atom stereocenters. The van der Waals surface area contributed by atoms with Crippen molar-refractivity contribution in [3.8, 4) is 0 Å². The van der Waals surface area contributed by atoms with Crippen molar-refractivity contribution >= 4 is 35.2 Å². The number of amides is 3. The van der Waals surface area contributed by atoms with Gasteiger partial charge in [-0.1, -0.05) is 12.1 Å². The minimum atomic E-state index is -0.282. The van der Waals surface area contributed by atoms with Crippen LogP contribution in [0.15, 0.2) is 29.2 Å². The largest absolute Gasteiger partial charge is 0.369 e. The van der Waals surface area contributed by atoms with Crippen LogP contribution >= 0.6 is 11.8 Å². The fourth-order valence-electron chi connectivity index (χ4n) is 3.18. The van der Waals surface area contributed by atoms with E-state index in [-0.39, 0.29) is 23.6 Å². The third-order valence-electron chi connectivity index (χ3n) is 4.61. The van der Waals surface area contributed by atoms with E-state index in [9.17, 15) is 14.4 Å². The maximum absolute atomic E-state index is 12.4. The van der Waals surface area contributed by atoms with Crippen LogP contribution in [0.3, 0.4) is 0 Å². The molecule has 0 spiro atoms. The van der Waals surface area contributed by atoms with E-state index in [4.69, 9.17) is 5.73 Å². The number of para-hydroxylation sites is 1. The number of carbonyl (C=O) groups is 3. The zero-order chi connectivity index (χ0) is 17.1. The molecular weight excluding hydrogens is 326 g/mol. The molecule has 3 rings (SSSR count). The summed E-state index contributed by atoms with van der Waals surface area (Å²) in [6.07, 6.45) is 1.55. The van der Waals surface area contributed by atoms with Gasteiger partial charge in [0, 0.05) is 36.9 Å². The van der Waals surface area contributed by atoms with Crippen molar-refractivity contribution in [1.82, 2.24) is 4.90 Å². The first-order valence-corrected chi connectivity index (χ1v) is 9.14. The molecule has 128 valence electrons. The predicted molar refractivity (Wildman–Crippen MR) is 92.6 cm³/mol. The number of hydrogen-bond donors (Lipinski definition) is 1. The van der Waals surface area contributed by atoms with Crippen molar-refractivity contribution in [1.29, 1.82) is 0 Å². The van der Waals surface area contributed by atoms with E-state index < -0.39 is 0 Å². The first-order chi connectivity index (χ1) is 11.6. The molecule has 1 fully saturated rings. The van der Waals surface area contributed by atoms with E-state index in [2.05, 4.69) is 0 Å². The van der Waals surface area contributed by atoms with Gasteiger partial charge in [-0.2, -0.15) is 0 Å². The molecule has 0 aromatic heterocycles. The van der Waals surface area contributed by atoms with Gasteiger partial charge in [-0.05, 0) is 25.0 Å². The third kappa shape index (κ3) is 3.56. The first-order valence-electron chi connectivity index (χ1n) is 8.15. The maximum Gasteiger partial charge on any atom is 0.237 e. The van der Waals surface area contributed by atoms with Gasteiger partial charge in [0.1, 0.15) is 0 Å². The van der Waals surface area contributed by atoms with Gasteiger partial charge in [0.15, 0.2) is 0 Å². The van der Waals surface area contributed by atoms with E-state index in [1.807, 2.05) is 24.3 Å². The lowest BCUT2D eigenvalue weighted by Gasteiger charge is -2.32. The summed E-state index contributed by atoms with van der Waals surface area (Å²) >= 11 is 1.54. The van der Waals surface area contributed by atoms with Gasteiger partial charge in [-0.3, -0.25) is 14.4 Å². The Morgan fingerprint density at radius 1 is 1.21 bits per heavy atom. The summed E-state index contributed by atoms with van der Waals surface area (Å²) in [5.74, 6) is 0.0759. The van der Waals surface area contributed by atoms with Crippen LogP contribution in [0.1, 0.15) is 19.3 Å². The summed E-state index contributed by atoms with van der Waals surface area (Å²) < 4.78 is 0. The summed E-state index contributed by atoms with van der Waals surface area (Å²) in [5.41, 5.74) is 6.20. The number of nitrogens with two attached hydrogens (primary N) is 1. The SMILES string of the molecule is NC(=O)C1CCN(C(=O)CCN2C(=O)CSc3ccccc32)CC1. The molecule has 0 atom stereocenters. The molecule has 2 N–H and O–H groups in total. The molecule has 1 aromatic carbocycles. The first kappa shape index (κ1) is 16.8. The average Bonchev–Trinajstić information content (AvgIpc) is 2.60. The minimum Gasteiger partial charge on any atom is -0.369 e. The Balaban J connectivity index is 1.57. The fourth-order valence-corrected chi connectivity index (χ4v) is 4.11. The molecule has 1 saturated heterocycles. The number of piperidine rings is 1. The third-order valence-corrected chi connectivity index (χ3v) is 5.66. The molecule has 7 heteroatoms. The lowest BCUT2D eigenvalue weighted by atomic mass is 9.96. The van der Waals surface area contributed by atoms with E-state index in [0.717, 1.165) is 10.6 Å². The smallest absolute Gasteiger partial charge is 0.237 e. The molecule has 0 radical (unpaired) electrons. The molecule has 0 saturated carbocycles. The Labute approximate surface area is 145 Å². The van der Waals surface area contributed by atoms with Crippen molar-refractivity contribution in [3.63, 3.8) is 0 Å². The maximum atomic E-state index is 12.4. The van der Waals surface area contributed by atoms with Crippen LogP contribution < -0.4 is 10.6 Å². The number of nitrogens with zero attached hydrogens (tertiary/aromatic N) is 2. The number of hydrogen-bond acceptors (Lipinski definition) is 4. The van der Waals surface area contributed by atoms with Gasteiger partial charge in [0.05, 0.1) is 11.4 Å². The van der Waals surface area contributed by atoms with Crippen LogP contribution in [0.2, 0.25) is 0 Å². The highest BCUT2D eigenvalue weighted by Gasteiger charge is 2.28. The summed E-state index contributed by atoms with van der Waals surface area (Å²) in [5, 5.41) is 0. The average molecular weight is 347 g/mol. The van der Waals surface area contributed by atoms with Gasteiger partial charge in [-0.25, -0.2) is 0 Å². The van der Waals surface area contributed by atoms with Crippen molar-refractivity contribution in [3.05, 3.63) is 24.3 Å². The number of carbonyl (C=O) groups excluding carboxylic acids is 3. The molecule has 3 amide bonds. The lowest BCUT2D eigenvalue weighted by Crippen LogP contribution is -2.43. The number of thioether (sulfide) groups is 1. The Hall–Kier alpha value is -2.02. The van der Waals surface area contributed by atoms with Crippen LogP contribution in [0.25, 0.3) is 0 Å². The second-order valence-corrected chi connectivity index (χ2v) is 7.13. The Kier molecular flexibility index (Phi) is 5.08. The highest BCUT2D eigenvalue weighted by molar-refractivity contribution is 8.00. The van der Waals surface area contributed by atoms with Crippen LogP contribution in [0.4, 0.5) is 5.69 Å². The second kappa shape index (κ2) is 7.25. The van der Waals surface area contributed by atoms with Crippen molar-refractivity contribution < 1.29 is 14.4 Å². The number of anilines is 1. The van der Waals surface area contributed by atoms with Crippen molar-refractivity contribution in [2.75, 3.05) is 30.3 Å². The summed E-state index contributed by atoms with van der Waals surface area (Å²) in [6, 6.07) is 7.77. The molecule has 6 nitrogen and oxygen atoms in total. The topological polar surface area (TPSA) is 83.7 Å². The molecule has 0 bridgehead atoms. The lowest BCUT2D eigenvalue weighted by molar-refractivity contribution is -0.134. The van der Waals surface area contributed by atoms with Gasteiger partial charge in [-0.15, -0.1) is 11.8 Å². The van der Waals surface area contributed by atoms with E-state index in [1.165, 1.54) is 11.8 Å². The number of rotatable bonds is 4. The summed E-state index contributed by atoms with van der Waals surface area (Å²) in [6.45, 7) is 1.52. The molecular formula is C17H21N3O3S. The van der Waals surface area contributed by atoms with Gasteiger partial charge >= 0.3 is 0 Å². The zero-order valence-electron chi connectivity index (χ0n) is 13.4. The van der Waals surface area contributed by atoms with E-state index >= 15 is 0 Å². The van der Waals surface area contributed by atoms with Crippen LogP contribution in [0.5, 0.6) is 0 Å². The van der Waals surface area contributed by atoms with Crippen LogP contribution in [-0.2, 0) is 14.4 Å². The monoisotopic (exact) mass is 347 g/mol. The Morgan fingerprint density at radius 3 is 2.62 bits per heavy atom. The predicted octanol–water partition coefficient (Wildman–Crippen LogP) is 1.24. The van der Waals surface area contributed by atoms with Crippen LogP contribution in [0, 0.1) is 5.92 Å². The van der Waals surface area contributed by atoms with Crippen LogP contribution in [-0.4, -0.2) is 48.0 Å². The number of fused-ring (bicyclic) bond motifs is 1. The summed E-state index contributed by atoms with van der Waals surface area (Å²) in [4.78, 5) is 40.3. The molecule has 2 heterocycles. The normalized spacial score (nSPS) is 18.4. The van der Waals surface area contributed by atoms with Gasteiger partial charge < -0.3 is 15.5 Å². The fraction of sp³-hybridized carbons (Fsp3) is 0.471. The summed E-state index contributed by atoms with van der Waals surface area (Å²) in [7, 11) is 0. The van der Waals surface area contributed by atoms with Gasteiger partial charge in [0.2, 0.25) is 17.7 Å². The Bertz CT molecular complexity index is 656.